The minimum atomic E-state index is 0.0614. The van der Waals surface area contributed by atoms with E-state index in [2.05, 4.69) is 17.3 Å². The second-order valence-electron chi connectivity index (χ2n) is 4.91. The van der Waals surface area contributed by atoms with Crippen LogP contribution in [-0.4, -0.2) is 61.1 Å². The average Bonchev–Trinajstić information content (AvgIpc) is 2.28. The van der Waals surface area contributed by atoms with Crippen LogP contribution >= 0.6 is 0 Å². The van der Waals surface area contributed by atoms with Crippen LogP contribution in [0.2, 0.25) is 0 Å². The van der Waals surface area contributed by atoms with Gasteiger partial charge >= 0.3 is 0 Å². The van der Waals surface area contributed by atoms with Crippen LogP contribution in [0.15, 0.2) is 0 Å². The Morgan fingerprint density at radius 3 is 2.88 bits per heavy atom. The number of rotatable bonds is 7. The molecule has 0 bridgehead atoms. The number of aliphatic hydroxyl groups excluding tert-OH is 2. The summed E-state index contributed by atoms with van der Waals surface area (Å²) in [4.78, 5) is 2.39. The Kier molecular flexibility index (Phi) is 6.96. The van der Waals surface area contributed by atoms with E-state index in [9.17, 15) is 0 Å². The Morgan fingerprint density at radius 2 is 2.25 bits per heavy atom. The zero-order valence-corrected chi connectivity index (χ0v) is 10.4. The lowest BCUT2D eigenvalue weighted by molar-refractivity contribution is 0.184. The van der Waals surface area contributed by atoms with E-state index in [4.69, 9.17) is 10.2 Å². The number of hydrogen-bond acceptors (Lipinski definition) is 4. The summed E-state index contributed by atoms with van der Waals surface area (Å²) in [5.41, 5.74) is 0. The Balaban J connectivity index is 2.09. The van der Waals surface area contributed by atoms with Crippen molar-refractivity contribution in [3.8, 4) is 0 Å². The topological polar surface area (TPSA) is 55.7 Å². The molecule has 4 heteroatoms. The second-order valence-corrected chi connectivity index (χ2v) is 4.91. The van der Waals surface area contributed by atoms with Crippen LogP contribution in [0.4, 0.5) is 0 Å². The first-order valence-electron chi connectivity index (χ1n) is 6.40. The number of likely N-dealkylation sites (tertiary alicyclic amines) is 1. The van der Waals surface area contributed by atoms with Gasteiger partial charge in [0.15, 0.2) is 0 Å². The largest absolute Gasteiger partial charge is 0.396 e. The van der Waals surface area contributed by atoms with Crippen molar-refractivity contribution in [1.82, 2.24) is 10.2 Å². The van der Waals surface area contributed by atoms with Crippen LogP contribution in [0.25, 0.3) is 0 Å². The Labute approximate surface area is 98.6 Å². The molecule has 0 aromatic rings. The van der Waals surface area contributed by atoms with Crippen molar-refractivity contribution >= 4 is 0 Å². The van der Waals surface area contributed by atoms with Gasteiger partial charge in [-0.1, -0.05) is 0 Å². The molecule has 0 spiro atoms. The molecule has 0 aliphatic carbocycles. The average molecular weight is 230 g/mol. The van der Waals surface area contributed by atoms with Crippen LogP contribution in [0, 0.1) is 5.92 Å². The molecule has 4 nitrogen and oxygen atoms in total. The second kappa shape index (κ2) is 8.01. The fraction of sp³-hybridized carbons (Fsp3) is 1.00. The van der Waals surface area contributed by atoms with Crippen molar-refractivity contribution in [1.29, 1.82) is 0 Å². The van der Waals surface area contributed by atoms with E-state index < -0.39 is 0 Å². The molecule has 1 heterocycles. The van der Waals surface area contributed by atoms with Crippen LogP contribution in [0.3, 0.4) is 0 Å². The highest BCUT2D eigenvalue weighted by molar-refractivity contribution is 4.73. The first-order valence-corrected chi connectivity index (χ1v) is 6.40. The van der Waals surface area contributed by atoms with Gasteiger partial charge in [0, 0.05) is 19.2 Å². The quantitative estimate of drug-likeness (QED) is 0.578. The van der Waals surface area contributed by atoms with Gasteiger partial charge < -0.3 is 20.4 Å². The van der Waals surface area contributed by atoms with E-state index in [1.54, 1.807) is 0 Å². The first-order chi connectivity index (χ1) is 7.76. The molecule has 1 saturated heterocycles. The molecule has 0 saturated carbocycles. The van der Waals surface area contributed by atoms with Crippen LogP contribution in [0.5, 0.6) is 0 Å². The lowest BCUT2D eigenvalue weighted by atomic mass is 9.95. The van der Waals surface area contributed by atoms with Gasteiger partial charge in [-0.25, -0.2) is 0 Å². The van der Waals surface area contributed by atoms with Gasteiger partial charge in [-0.3, -0.25) is 0 Å². The van der Waals surface area contributed by atoms with E-state index in [0.717, 1.165) is 12.5 Å². The van der Waals surface area contributed by atoms with Gasteiger partial charge in [0.2, 0.25) is 0 Å². The third-order valence-electron chi connectivity index (χ3n) is 3.41. The maximum Gasteiger partial charge on any atom is 0.0585 e. The molecule has 0 aromatic carbocycles. The molecule has 1 fully saturated rings. The predicted octanol–water partition coefficient (Wildman–Crippen LogP) is 0.0512. The van der Waals surface area contributed by atoms with E-state index in [1.807, 2.05) is 0 Å². The highest BCUT2D eigenvalue weighted by atomic mass is 16.3. The molecule has 0 aromatic heterocycles. The summed E-state index contributed by atoms with van der Waals surface area (Å²) in [7, 11) is 2.18. The van der Waals surface area contributed by atoms with Gasteiger partial charge in [-0.2, -0.15) is 0 Å². The van der Waals surface area contributed by atoms with E-state index >= 15 is 0 Å². The monoisotopic (exact) mass is 230 g/mol. The van der Waals surface area contributed by atoms with Crippen LogP contribution in [-0.2, 0) is 0 Å². The van der Waals surface area contributed by atoms with Crippen molar-refractivity contribution in [3.63, 3.8) is 0 Å². The standard InChI is InChI=1S/C12H26N2O2/c1-14-7-2-3-11(9-14)4-6-13-12(10-16)5-8-15/h11-13,15-16H,2-10H2,1H3. The molecule has 0 amide bonds. The molecule has 96 valence electrons. The van der Waals surface area contributed by atoms with Gasteiger partial charge in [-0.15, -0.1) is 0 Å². The molecule has 2 atom stereocenters. The molecule has 16 heavy (non-hydrogen) atoms. The summed E-state index contributed by atoms with van der Waals surface area (Å²) in [5.74, 6) is 0.791. The highest BCUT2D eigenvalue weighted by Gasteiger charge is 2.17. The third kappa shape index (κ3) is 5.25. The summed E-state index contributed by atoms with van der Waals surface area (Å²) in [6, 6.07) is 0.0614. The number of aliphatic hydroxyl groups is 2. The molecule has 1 rings (SSSR count). The SMILES string of the molecule is CN1CCCC(CCNC(CO)CCO)C1. The first kappa shape index (κ1) is 13.9. The van der Waals surface area contributed by atoms with Crippen molar-refractivity contribution < 1.29 is 10.2 Å². The Bertz CT molecular complexity index is 178. The van der Waals surface area contributed by atoms with E-state index in [1.165, 1.54) is 32.4 Å². The molecule has 3 N–H and O–H groups in total. The highest BCUT2D eigenvalue weighted by Crippen LogP contribution is 2.17. The number of hydrogen-bond donors (Lipinski definition) is 3. The van der Waals surface area contributed by atoms with Gasteiger partial charge in [0.05, 0.1) is 6.61 Å². The maximum absolute atomic E-state index is 9.05. The maximum atomic E-state index is 9.05. The fourth-order valence-electron chi connectivity index (χ4n) is 2.41. The van der Waals surface area contributed by atoms with E-state index in [0.29, 0.717) is 6.42 Å². The Hall–Kier alpha value is -0.160. The summed E-state index contributed by atoms with van der Waals surface area (Å²) >= 11 is 0. The number of nitrogens with one attached hydrogen (secondary N) is 1. The van der Waals surface area contributed by atoms with Crippen molar-refractivity contribution in [3.05, 3.63) is 0 Å². The number of nitrogens with zero attached hydrogens (tertiary/aromatic N) is 1. The van der Waals surface area contributed by atoms with Crippen LogP contribution in [0.1, 0.15) is 25.7 Å². The lowest BCUT2D eigenvalue weighted by Crippen LogP contribution is -2.37. The number of piperidine rings is 1. The van der Waals surface area contributed by atoms with Crippen molar-refractivity contribution in [2.24, 2.45) is 5.92 Å². The normalized spacial score (nSPS) is 24.6. The lowest BCUT2D eigenvalue weighted by Gasteiger charge is -2.30. The fourth-order valence-corrected chi connectivity index (χ4v) is 2.41. The predicted molar refractivity (Wildman–Crippen MR) is 65.4 cm³/mol. The Morgan fingerprint density at radius 1 is 1.44 bits per heavy atom. The molecular formula is C12H26N2O2. The summed E-state index contributed by atoms with van der Waals surface area (Å²) < 4.78 is 0. The van der Waals surface area contributed by atoms with Crippen molar-refractivity contribution in [2.75, 3.05) is 39.9 Å². The smallest absolute Gasteiger partial charge is 0.0585 e. The zero-order valence-electron chi connectivity index (χ0n) is 10.4. The summed E-state index contributed by atoms with van der Waals surface area (Å²) in [6.45, 7) is 3.64. The molecule has 0 radical (unpaired) electrons. The summed E-state index contributed by atoms with van der Waals surface area (Å²) in [5, 5.41) is 21.2. The third-order valence-corrected chi connectivity index (χ3v) is 3.41. The summed E-state index contributed by atoms with van der Waals surface area (Å²) in [6.07, 6.45) is 4.45. The minimum Gasteiger partial charge on any atom is -0.396 e. The van der Waals surface area contributed by atoms with Gasteiger partial charge in [0.25, 0.3) is 0 Å². The zero-order chi connectivity index (χ0) is 11.8. The molecule has 1 aliphatic rings. The van der Waals surface area contributed by atoms with Crippen LogP contribution < -0.4 is 5.32 Å². The van der Waals surface area contributed by atoms with Gasteiger partial charge in [-0.05, 0) is 51.7 Å². The molecule has 1 aliphatic heterocycles. The molecular weight excluding hydrogens is 204 g/mol. The van der Waals surface area contributed by atoms with Gasteiger partial charge in [0.1, 0.15) is 0 Å². The van der Waals surface area contributed by atoms with Crippen molar-refractivity contribution in [2.45, 2.75) is 31.7 Å². The molecule has 2 unspecified atom stereocenters. The van der Waals surface area contributed by atoms with E-state index in [-0.39, 0.29) is 19.3 Å². The minimum absolute atomic E-state index is 0.0614.